The number of hydrogen-bond donors (Lipinski definition) is 2. The van der Waals surface area contributed by atoms with E-state index < -0.39 is 17.7 Å². The normalized spacial score (nSPS) is 12.5. The molecule has 27 heavy (non-hydrogen) atoms. The van der Waals surface area contributed by atoms with Crippen molar-refractivity contribution in [3.63, 3.8) is 0 Å². The highest BCUT2D eigenvalue weighted by Gasteiger charge is 2.38. The van der Waals surface area contributed by atoms with Crippen molar-refractivity contribution in [2.24, 2.45) is 0 Å². The van der Waals surface area contributed by atoms with E-state index in [-0.39, 0.29) is 13.0 Å². The molecule has 4 heteroatoms. The first-order valence-corrected chi connectivity index (χ1v) is 8.83. The Morgan fingerprint density at radius 1 is 0.778 bits per heavy atom. The Kier molecular flexibility index (Phi) is 6.01. The van der Waals surface area contributed by atoms with Crippen LogP contribution in [0.1, 0.15) is 23.1 Å². The van der Waals surface area contributed by atoms with Crippen LogP contribution in [0.15, 0.2) is 91.0 Å². The van der Waals surface area contributed by atoms with Crippen LogP contribution < -0.4 is 0 Å². The van der Waals surface area contributed by atoms with Crippen molar-refractivity contribution < 1.29 is 19.7 Å². The van der Waals surface area contributed by atoms with E-state index in [2.05, 4.69) is 0 Å². The average molecular weight is 362 g/mol. The Balaban J connectivity index is 2.12. The van der Waals surface area contributed by atoms with Crippen molar-refractivity contribution in [3.8, 4) is 0 Å². The summed E-state index contributed by atoms with van der Waals surface area (Å²) in [6.45, 7) is -0.106. The van der Waals surface area contributed by atoms with E-state index >= 15 is 0 Å². The molecule has 0 aromatic heterocycles. The van der Waals surface area contributed by atoms with Crippen LogP contribution >= 0.6 is 0 Å². The Morgan fingerprint density at radius 2 is 1.15 bits per heavy atom. The molecule has 138 valence electrons. The highest BCUT2D eigenvalue weighted by Crippen LogP contribution is 2.40. The maximum absolute atomic E-state index is 10.9. The third kappa shape index (κ3) is 4.25. The highest BCUT2D eigenvalue weighted by molar-refractivity contribution is 5.67. The second-order valence-corrected chi connectivity index (χ2v) is 6.34. The fraction of sp³-hybridized carbons (Fsp3) is 0.174. The average Bonchev–Trinajstić information content (AvgIpc) is 2.70. The van der Waals surface area contributed by atoms with Gasteiger partial charge in [0.2, 0.25) is 0 Å². The number of benzene rings is 3. The lowest BCUT2D eigenvalue weighted by molar-refractivity contribution is -0.141. The molecule has 0 spiro atoms. The molecule has 0 heterocycles. The van der Waals surface area contributed by atoms with Crippen molar-refractivity contribution in [1.29, 1.82) is 0 Å². The maximum Gasteiger partial charge on any atom is 0.306 e. The van der Waals surface area contributed by atoms with Crippen LogP contribution in [0.3, 0.4) is 0 Å². The van der Waals surface area contributed by atoms with Crippen LogP contribution in [0.5, 0.6) is 0 Å². The molecular formula is C23H22O4. The molecule has 0 saturated carbocycles. The molecule has 0 radical (unpaired) electrons. The van der Waals surface area contributed by atoms with Gasteiger partial charge in [-0.2, -0.15) is 0 Å². The second kappa shape index (κ2) is 8.62. The van der Waals surface area contributed by atoms with Gasteiger partial charge in [-0.1, -0.05) is 91.0 Å². The van der Waals surface area contributed by atoms with Crippen molar-refractivity contribution in [2.45, 2.75) is 18.1 Å². The first-order chi connectivity index (χ1) is 13.1. The summed E-state index contributed by atoms with van der Waals surface area (Å²) >= 11 is 0. The SMILES string of the molecule is O=C(O)C[C@H](O)COC(c1ccccc1)(c1ccccc1)c1ccccc1. The quantitative estimate of drug-likeness (QED) is 0.598. The third-order valence-corrected chi connectivity index (χ3v) is 4.44. The van der Waals surface area contributed by atoms with E-state index in [9.17, 15) is 9.90 Å². The number of aliphatic carboxylic acids is 1. The molecule has 0 amide bonds. The van der Waals surface area contributed by atoms with Gasteiger partial charge < -0.3 is 14.9 Å². The molecule has 0 bridgehead atoms. The third-order valence-electron chi connectivity index (χ3n) is 4.44. The van der Waals surface area contributed by atoms with Gasteiger partial charge >= 0.3 is 5.97 Å². The van der Waals surface area contributed by atoms with Crippen molar-refractivity contribution >= 4 is 5.97 Å². The van der Waals surface area contributed by atoms with Gasteiger partial charge in [0.15, 0.2) is 0 Å². The minimum absolute atomic E-state index is 0.106. The molecule has 0 aliphatic rings. The smallest absolute Gasteiger partial charge is 0.306 e. The summed E-state index contributed by atoms with van der Waals surface area (Å²) in [6, 6.07) is 29.3. The summed E-state index contributed by atoms with van der Waals surface area (Å²) in [4.78, 5) is 10.9. The first kappa shape index (κ1) is 18.8. The zero-order chi connectivity index (χ0) is 19.1. The van der Waals surface area contributed by atoms with Crippen molar-refractivity contribution in [2.75, 3.05) is 6.61 Å². The molecule has 0 saturated heterocycles. The van der Waals surface area contributed by atoms with E-state index in [1.807, 2.05) is 91.0 Å². The fourth-order valence-corrected chi connectivity index (χ4v) is 3.25. The van der Waals surface area contributed by atoms with Gasteiger partial charge in [0.1, 0.15) is 5.60 Å². The van der Waals surface area contributed by atoms with Gasteiger partial charge in [-0.05, 0) is 16.7 Å². The summed E-state index contributed by atoms with van der Waals surface area (Å²) in [5.41, 5.74) is 1.77. The molecule has 0 fully saturated rings. The Labute approximate surface area is 158 Å². The van der Waals surface area contributed by atoms with Crippen LogP contribution in [0, 0.1) is 0 Å². The standard InChI is InChI=1S/C23H22O4/c24-21(16-22(25)26)17-27-23(18-10-4-1-5-11-18,19-12-6-2-7-13-19)20-14-8-3-9-15-20/h1-15,21,24H,16-17H2,(H,25,26)/t21-/m0/s1. The lowest BCUT2D eigenvalue weighted by Crippen LogP contribution is -2.36. The Hall–Kier alpha value is -2.95. The summed E-state index contributed by atoms with van der Waals surface area (Å²) < 4.78 is 6.34. The van der Waals surface area contributed by atoms with Crippen LogP contribution in [-0.2, 0) is 15.1 Å². The molecule has 0 aliphatic heterocycles. The zero-order valence-corrected chi connectivity index (χ0v) is 14.9. The number of carbonyl (C=O) groups is 1. The topological polar surface area (TPSA) is 66.8 Å². The summed E-state index contributed by atoms with van der Waals surface area (Å²) in [6.07, 6.45) is -1.47. The number of rotatable bonds is 8. The van der Waals surface area contributed by atoms with E-state index in [4.69, 9.17) is 9.84 Å². The predicted molar refractivity (Wildman–Crippen MR) is 103 cm³/mol. The number of carboxylic acid groups (broad SMARTS) is 1. The van der Waals surface area contributed by atoms with Crippen molar-refractivity contribution in [1.82, 2.24) is 0 Å². The molecule has 0 unspecified atom stereocenters. The Morgan fingerprint density at radius 3 is 1.48 bits per heavy atom. The van der Waals surface area contributed by atoms with Gasteiger partial charge in [0, 0.05) is 0 Å². The molecule has 4 nitrogen and oxygen atoms in total. The molecule has 1 atom stereocenters. The van der Waals surface area contributed by atoms with Gasteiger partial charge in [-0.3, -0.25) is 4.79 Å². The fourth-order valence-electron chi connectivity index (χ4n) is 3.25. The summed E-state index contributed by atoms with van der Waals surface area (Å²) in [7, 11) is 0. The van der Waals surface area contributed by atoms with Gasteiger partial charge in [-0.25, -0.2) is 0 Å². The minimum Gasteiger partial charge on any atom is -0.481 e. The van der Waals surface area contributed by atoms with Gasteiger partial charge in [-0.15, -0.1) is 0 Å². The monoisotopic (exact) mass is 362 g/mol. The maximum atomic E-state index is 10.9. The number of aliphatic hydroxyl groups excluding tert-OH is 1. The lowest BCUT2D eigenvalue weighted by Gasteiger charge is -2.36. The van der Waals surface area contributed by atoms with Crippen LogP contribution in [0.25, 0.3) is 0 Å². The van der Waals surface area contributed by atoms with Crippen LogP contribution in [-0.4, -0.2) is 28.9 Å². The number of carboxylic acids is 1. The first-order valence-electron chi connectivity index (χ1n) is 8.83. The van der Waals surface area contributed by atoms with E-state index in [1.165, 1.54) is 0 Å². The predicted octanol–water partition coefficient (Wildman–Crippen LogP) is 3.83. The molecule has 3 aromatic carbocycles. The Bertz CT molecular complexity index is 751. The molecule has 0 aliphatic carbocycles. The van der Waals surface area contributed by atoms with Gasteiger partial charge in [0.05, 0.1) is 19.1 Å². The lowest BCUT2D eigenvalue weighted by atomic mass is 9.80. The van der Waals surface area contributed by atoms with Crippen LogP contribution in [0.4, 0.5) is 0 Å². The van der Waals surface area contributed by atoms with E-state index in [1.54, 1.807) is 0 Å². The zero-order valence-electron chi connectivity index (χ0n) is 14.9. The summed E-state index contributed by atoms with van der Waals surface area (Å²) in [5.74, 6) is -1.06. The number of aliphatic hydroxyl groups is 1. The number of hydrogen-bond acceptors (Lipinski definition) is 3. The van der Waals surface area contributed by atoms with Gasteiger partial charge in [0.25, 0.3) is 0 Å². The second-order valence-electron chi connectivity index (χ2n) is 6.34. The molecule has 3 aromatic rings. The minimum atomic E-state index is -1.10. The molecule has 3 rings (SSSR count). The van der Waals surface area contributed by atoms with E-state index in [0.717, 1.165) is 16.7 Å². The molecular weight excluding hydrogens is 340 g/mol. The van der Waals surface area contributed by atoms with E-state index in [0.29, 0.717) is 0 Å². The molecule has 2 N–H and O–H groups in total. The highest BCUT2D eigenvalue weighted by atomic mass is 16.5. The summed E-state index contributed by atoms with van der Waals surface area (Å²) in [5, 5.41) is 19.1. The van der Waals surface area contributed by atoms with Crippen LogP contribution in [0.2, 0.25) is 0 Å². The van der Waals surface area contributed by atoms with Crippen molar-refractivity contribution in [3.05, 3.63) is 108 Å². The number of ether oxygens (including phenoxy) is 1. The largest absolute Gasteiger partial charge is 0.481 e.